The highest BCUT2D eigenvalue weighted by Crippen LogP contribution is 2.33. The number of benzene rings is 1. The summed E-state index contributed by atoms with van der Waals surface area (Å²) in [6.45, 7) is 2.00. The first-order valence-electron chi connectivity index (χ1n) is 5.42. The summed E-state index contributed by atoms with van der Waals surface area (Å²) in [6, 6.07) is 5.22. The van der Waals surface area contributed by atoms with E-state index in [0.717, 1.165) is 21.5 Å². The average molecular weight is 315 g/mol. The highest BCUT2D eigenvalue weighted by atomic mass is 35.5. The molecule has 0 spiro atoms. The predicted octanol–water partition coefficient (Wildman–Crippen LogP) is 3.00. The lowest BCUT2D eigenvalue weighted by Crippen LogP contribution is -2.14. The first-order chi connectivity index (χ1) is 9.13. The summed E-state index contributed by atoms with van der Waals surface area (Å²) < 4.78 is 5.03. The minimum Gasteiger partial charge on any atom is -0.409 e. The fourth-order valence-corrected chi connectivity index (χ4v) is 3.31. The number of hydrogen-bond acceptors (Lipinski definition) is 6. The van der Waals surface area contributed by atoms with Crippen molar-refractivity contribution in [2.75, 3.05) is 0 Å². The SMILES string of the molecule is CCc1nsc(Sc2ccc(Cl)cc2C(N)=NO)n1. The van der Waals surface area contributed by atoms with Gasteiger partial charge in [0.1, 0.15) is 5.82 Å². The van der Waals surface area contributed by atoms with Gasteiger partial charge < -0.3 is 10.9 Å². The standard InChI is InChI=1S/C11H11ClN4OS2/c1-2-9-14-11(19-16-9)18-8-4-3-6(12)5-7(8)10(13)15-17/h3-5,17H,2H2,1H3,(H2,13,15). The molecule has 0 unspecified atom stereocenters. The first kappa shape index (κ1) is 14.1. The highest BCUT2D eigenvalue weighted by Gasteiger charge is 2.12. The Morgan fingerprint density at radius 1 is 1.58 bits per heavy atom. The smallest absolute Gasteiger partial charge is 0.174 e. The second-order valence-corrected chi connectivity index (χ2v) is 6.04. The molecule has 0 amide bonds. The quantitative estimate of drug-likeness (QED) is 0.392. The molecule has 0 saturated heterocycles. The molecule has 1 aromatic heterocycles. The number of halogens is 1. The number of aryl methyl sites for hydroxylation is 1. The number of oxime groups is 1. The van der Waals surface area contributed by atoms with Gasteiger partial charge in [0.05, 0.1) is 0 Å². The lowest BCUT2D eigenvalue weighted by atomic mass is 10.2. The maximum Gasteiger partial charge on any atom is 0.174 e. The van der Waals surface area contributed by atoms with Crippen molar-refractivity contribution in [3.8, 4) is 0 Å². The molecule has 2 aromatic rings. The molecule has 0 fully saturated rings. The third kappa shape index (κ3) is 3.37. The zero-order chi connectivity index (χ0) is 13.8. The molecule has 1 heterocycles. The molecule has 5 nitrogen and oxygen atoms in total. The van der Waals surface area contributed by atoms with Crippen molar-refractivity contribution >= 4 is 40.7 Å². The van der Waals surface area contributed by atoms with Crippen LogP contribution in [0.25, 0.3) is 0 Å². The monoisotopic (exact) mass is 314 g/mol. The van der Waals surface area contributed by atoms with Gasteiger partial charge in [0.25, 0.3) is 0 Å². The molecule has 0 atom stereocenters. The third-order valence-electron chi connectivity index (χ3n) is 2.29. The average Bonchev–Trinajstić information content (AvgIpc) is 2.87. The van der Waals surface area contributed by atoms with Crippen molar-refractivity contribution in [3.63, 3.8) is 0 Å². The Labute approximate surface area is 123 Å². The molecule has 0 aliphatic heterocycles. The van der Waals surface area contributed by atoms with E-state index < -0.39 is 0 Å². The Morgan fingerprint density at radius 2 is 2.37 bits per heavy atom. The van der Waals surface area contributed by atoms with Gasteiger partial charge in [-0.25, -0.2) is 4.98 Å². The van der Waals surface area contributed by atoms with E-state index in [1.54, 1.807) is 12.1 Å². The maximum atomic E-state index is 8.80. The molecule has 100 valence electrons. The molecular weight excluding hydrogens is 304 g/mol. The van der Waals surface area contributed by atoms with Crippen molar-refractivity contribution < 1.29 is 5.21 Å². The van der Waals surface area contributed by atoms with Gasteiger partial charge in [0, 0.05) is 21.9 Å². The summed E-state index contributed by atoms with van der Waals surface area (Å²) in [4.78, 5) is 5.18. The molecular formula is C11H11ClN4OS2. The van der Waals surface area contributed by atoms with Gasteiger partial charge in [0.15, 0.2) is 10.2 Å². The summed E-state index contributed by atoms with van der Waals surface area (Å²) in [6.07, 6.45) is 0.796. The highest BCUT2D eigenvalue weighted by molar-refractivity contribution is 8.01. The van der Waals surface area contributed by atoms with Crippen LogP contribution in [0.1, 0.15) is 18.3 Å². The van der Waals surface area contributed by atoms with E-state index in [-0.39, 0.29) is 5.84 Å². The Balaban J connectivity index is 2.34. The zero-order valence-corrected chi connectivity index (χ0v) is 12.4. The van der Waals surface area contributed by atoms with Gasteiger partial charge >= 0.3 is 0 Å². The van der Waals surface area contributed by atoms with Crippen LogP contribution in [-0.4, -0.2) is 20.4 Å². The molecule has 8 heteroatoms. The molecule has 2 rings (SSSR count). The van der Waals surface area contributed by atoms with Crippen LogP contribution in [0.5, 0.6) is 0 Å². The Morgan fingerprint density at radius 3 is 3.00 bits per heavy atom. The fraction of sp³-hybridized carbons (Fsp3) is 0.182. The number of nitrogens with zero attached hydrogens (tertiary/aromatic N) is 3. The molecule has 0 saturated carbocycles. The minimum absolute atomic E-state index is 0.0187. The van der Waals surface area contributed by atoms with E-state index in [1.165, 1.54) is 23.3 Å². The molecule has 0 aliphatic rings. The van der Waals surface area contributed by atoms with Crippen LogP contribution in [-0.2, 0) is 6.42 Å². The Hall–Kier alpha value is -1.31. The first-order valence-corrected chi connectivity index (χ1v) is 7.38. The summed E-state index contributed by atoms with van der Waals surface area (Å²) in [7, 11) is 0. The van der Waals surface area contributed by atoms with Gasteiger partial charge in [-0.05, 0) is 29.7 Å². The molecule has 19 heavy (non-hydrogen) atoms. The van der Waals surface area contributed by atoms with E-state index >= 15 is 0 Å². The second-order valence-electron chi connectivity index (χ2n) is 3.56. The topological polar surface area (TPSA) is 84.4 Å². The largest absolute Gasteiger partial charge is 0.409 e. The van der Waals surface area contributed by atoms with Crippen LogP contribution >= 0.6 is 34.9 Å². The molecule has 0 aliphatic carbocycles. The van der Waals surface area contributed by atoms with Gasteiger partial charge in [-0.15, -0.1) is 0 Å². The van der Waals surface area contributed by atoms with Crippen LogP contribution < -0.4 is 5.73 Å². The minimum atomic E-state index is 0.0187. The van der Waals surface area contributed by atoms with Crippen molar-refractivity contribution in [1.82, 2.24) is 9.36 Å². The fourth-order valence-electron chi connectivity index (χ4n) is 1.36. The summed E-state index contributed by atoms with van der Waals surface area (Å²) in [5.41, 5.74) is 6.22. The van der Waals surface area contributed by atoms with Crippen molar-refractivity contribution in [2.24, 2.45) is 10.9 Å². The summed E-state index contributed by atoms with van der Waals surface area (Å²) in [5, 5.41) is 12.3. The lowest BCUT2D eigenvalue weighted by molar-refractivity contribution is 0.318. The van der Waals surface area contributed by atoms with Crippen LogP contribution in [0.2, 0.25) is 5.02 Å². The normalized spacial score (nSPS) is 11.8. The molecule has 3 N–H and O–H groups in total. The van der Waals surface area contributed by atoms with Gasteiger partial charge in [0.2, 0.25) is 0 Å². The van der Waals surface area contributed by atoms with E-state index in [2.05, 4.69) is 14.5 Å². The third-order valence-corrected chi connectivity index (χ3v) is 4.39. The lowest BCUT2D eigenvalue weighted by Gasteiger charge is -2.06. The van der Waals surface area contributed by atoms with Gasteiger partial charge in [-0.3, -0.25) is 0 Å². The van der Waals surface area contributed by atoms with E-state index in [1.807, 2.05) is 13.0 Å². The predicted molar refractivity (Wildman–Crippen MR) is 77.4 cm³/mol. The number of amidine groups is 1. The van der Waals surface area contributed by atoms with Crippen LogP contribution in [0.15, 0.2) is 32.6 Å². The van der Waals surface area contributed by atoms with Crippen molar-refractivity contribution in [2.45, 2.75) is 22.6 Å². The zero-order valence-electron chi connectivity index (χ0n) is 10.00. The number of rotatable bonds is 4. The van der Waals surface area contributed by atoms with Crippen LogP contribution in [0, 0.1) is 0 Å². The van der Waals surface area contributed by atoms with Gasteiger partial charge in [-0.2, -0.15) is 4.37 Å². The Bertz CT molecular complexity index is 614. The van der Waals surface area contributed by atoms with Crippen LogP contribution in [0.3, 0.4) is 0 Å². The molecule has 0 radical (unpaired) electrons. The number of nitrogens with two attached hydrogens (primary N) is 1. The van der Waals surface area contributed by atoms with E-state index in [4.69, 9.17) is 22.5 Å². The van der Waals surface area contributed by atoms with Gasteiger partial charge in [-0.1, -0.05) is 35.4 Å². The Kier molecular flexibility index (Phi) is 4.62. The van der Waals surface area contributed by atoms with Crippen LogP contribution in [0.4, 0.5) is 0 Å². The van der Waals surface area contributed by atoms with E-state index in [0.29, 0.717) is 10.6 Å². The van der Waals surface area contributed by atoms with Crippen molar-refractivity contribution in [3.05, 3.63) is 34.6 Å². The summed E-state index contributed by atoms with van der Waals surface area (Å²) >= 11 is 8.66. The molecule has 1 aromatic carbocycles. The second kappa shape index (κ2) is 6.23. The molecule has 0 bridgehead atoms. The number of hydrogen-bond donors (Lipinski definition) is 2. The van der Waals surface area contributed by atoms with E-state index in [9.17, 15) is 0 Å². The number of aromatic nitrogens is 2. The van der Waals surface area contributed by atoms with Crippen molar-refractivity contribution in [1.29, 1.82) is 0 Å². The summed E-state index contributed by atoms with van der Waals surface area (Å²) in [5.74, 6) is 0.831. The maximum absolute atomic E-state index is 8.80.